The molecule has 4 aromatic rings. The van der Waals surface area contributed by atoms with Crippen molar-refractivity contribution in [1.29, 1.82) is 0 Å². The zero-order valence-corrected chi connectivity index (χ0v) is 24.4. The fourth-order valence-electron chi connectivity index (χ4n) is 4.59. The van der Waals surface area contributed by atoms with Crippen molar-refractivity contribution in [1.82, 2.24) is 10.2 Å². The largest absolute Gasteiger partial charge is 0.355 e. The smallest absolute Gasteiger partial charge is 0.264 e. The van der Waals surface area contributed by atoms with E-state index in [9.17, 15) is 22.4 Å². The number of carbonyl (C=O) groups excluding carboxylic acids is 2. The molecule has 0 aliphatic rings. The number of aryl methyl sites for hydroxylation is 1. The minimum atomic E-state index is -4.15. The molecule has 4 rings (SSSR count). The molecular formula is C33H34FN3O4S. The van der Waals surface area contributed by atoms with Crippen LogP contribution in [0, 0.1) is 12.7 Å². The van der Waals surface area contributed by atoms with E-state index in [2.05, 4.69) is 5.32 Å². The van der Waals surface area contributed by atoms with Gasteiger partial charge in [-0.25, -0.2) is 12.8 Å². The monoisotopic (exact) mass is 587 g/mol. The molecular weight excluding hydrogens is 553 g/mol. The number of rotatable bonds is 12. The van der Waals surface area contributed by atoms with Crippen LogP contribution < -0.4 is 9.62 Å². The SMILES string of the molecule is CCNC(=O)[C@@H](Cc1ccccc1)N(Cc1ccc(F)cc1)C(=O)CN(c1ccc(C)cc1)S(=O)(=O)c1ccccc1. The molecule has 0 bridgehead atoms. The van der Waals surface area contributed by atoms with Gasteiger partial charge in [-0.2, -0.15) is 0 Å². The molecule has 42 heavy (non-hydrogen) atoms. The summed E-state index contributed by atoms with van der Waals surface area (Å²) in [4.78, 5) is 29.1. The van der Waals surface area contributed by atoms with Crippen molar-refractivity contribution in [3.8, 4) is 0 Å². The quantitative estimate of drug-likeness (QED) is 0.250. The second-order valence-corrected chi connectivity index (χ2v) is 11.8. The van der Waals surface area contributed by atoms with Crippen LogP contribution in [-0.2, 0) is 32.6 Å². The summed E-state index contributed by atoms with van der Waals surface area (Å²) in [6.45, 7) is 3.44. The van der Waals surface area contributed by atoms with Gasteiger partial charge < -0.3 is 10.2 Å². The molecule has 1 atom stereocenters. The van der Waals surface area contributed by atoms with Gasteiger partial charge in [-0.05, 0) is 61.4 Å². The molecule has 2 amide bonds. The van der Waals surface area contributed by atoms with E-state index < -0.39 is 34.3 Å². The van der Waals surface area contributed by atoms with Gasteiger partial charge in [0, 0.05) is 19.5 Å². The second kappa shape index (κ2) is 13.9. The van der Waals surface area contributed by atoms with Crippen molar-refractivity contribution < 1.29 is 22.4 Å². The topological polar surface area (TPSA) is 86.8 Å². The van der Waals surface area contributed by atoms with Gasteiger partial charge in [-0.15, -0.1) is 0 Å². The standard InChI is InChI=1S/C33H34FN3O4S/c1-3-35-33(39)31(22-26-10-6-4-7-11-26)36(23-27-16-18-28(34)19-17-27)32(38)24-37(29-20-14-25(2)15-21-29)42(40,41)30-12-8-5-9-13-30/h4-21,31H,3,22-24H2,1-2H3,(H,35,39)/t31-/m1/s1. The Bertz CT molecular complexity index is 1580. The highest BCUT2D eigenvalue weighted by molar-refractivity contribution is 7.92. The Balaban J connectivity index is 1.78. The maximum absolute atomic E-state index is 14.2. The van der Waals surface area contributed by atoms with Crippen molar-refractivity contribution in [2.24, 2.45) is 0 Å². The molecule has 7 nitrogen and oxygen atoms in total. The summed E-state index contributed by atoms with van der Waals surface area (Å²) < 4.78 is 42.6. The molecule has 0 spiro atoms. The van der Waals surface area contributed by atoms with Crippen LogP contribution >= 0.6 is 0 Å². The van der Waals surface area contributed by atoms with Crippen molar-refractivity contribution in [2.75, 3.05) is 17.4 Å². The highest BCUT2D eigenvalue weighted by atomic mass is 32.2. The molecule has 0 heterocycles. The molecule has 218 valence electrons. The highest BCUT2D eigenvalue weighted by Crippen LogP contribution is 2.25. The van der Waals surface area contributed by atoms with Crippen LogP contribution in [-0.4, -0.2) is 44.3 Å². The fourth-order valence-corrected chi connectivity index (χ4v) is 6.03. The van der Waals surface area contributed by atoms with Crippen LogP contribution in [0.25, 0.3) is 0 Å². The summed E-state index contributed by atoms with van der Waals surface area (Å²) in [6, 6.07) is 28.8. The number of hydrogen-bond donors (Lipinski definition) is 1. The van der Waals surface area contributed by atoms with Gasteiger partial charge in [0.25, 0.3) is 10.0 Å². The lowest BCUT2D eigenvalue weighted by Gasteiger charge is -2.33. The van der Waals surface area contributed by atoms with Gasteiger partial charge in [0.1, 0.15) is 18.4 Å². The van der Waals surface area contributed by atoms with E-state index in [-0.39, 0.29) is 23.8 Å². The van der Waals surface area contributed by atoms with Crippen LogP contribution in [0.4, 0.5) is 10.1 Å². The number of amides is 2. The summed E-state index contributed by atoms with van der Waals surface area (Å²) in [5.74, 6) is -1.38. The molecule has 0 aromatic heterocycles. The van der Waals surface area contributed by atoms with Gasteiger partial charge in [0.05, 0.1) is 10.6 Å². The predicted molar refractivity (Wildman–Crippen MR) is 162 cm³/mol. The minimum Gasteiger partial charge on any atom is -0.355 e. The predicted octanol–water partition coefficient (Wildman–Crippen LogP) is 5.11. The summed E-state index contributed by atoms with van der Waals surface area (Å²) in [5.41, 5.74) is 2.68. The van der Waals surface area contributed by atoms with Crippen LogP contribution in [0.3, 0.4) is 0 Å². The van der Waals surface area contributed by atoms with E-state index in [4.69, 9.17) is 0 Å². The van der Waals surface area contributed by atoms with Crippen molar-refractivity contribution in [3.05, 3.63) is 132 Å². The third-order valence-corrected chi connectivity index (χ3v) is 8.61. The average molecular weight is 588 g/mol. The first-order chi connectivity index (χ1) is 20.2. The number of anilines is 1. The summed E-state index contributed by atoms with van der Waals surface area (Å²) >= 11 is 0. The van der Waals surface area contributed by atoms with E-state index in [0.717, 1.165) is 15.4 Å². The Morgan fingerprint density at radius 1 is 0.810 bits per heavy atom. The number of likely N-dealkylation sites (N-methyl/N-ethyl adjacent to an activating group) is 1. The van der Waals surface area contributed by atoms with Crippen LogP contribution in [0.5, 0.6) is 0 Å². The lowest BCUT2D eigenvalue weighted by Crippen LogP contribution is -2.53. The number of nitrogens with zero attached hydrogens (tertiary/aromatic N) is 2. The van der Waals surface area contributed by atoms with Crippen LogP contribution in [0.15, 0.2) is 114 Å². The normalized spacial score (nSPS) is 11.9. The van der Waals surface area contributed by atoms with Gasteiger partial charge in [0.2, 0.25) is 11.8 Å². The van der Waals surface area contributed by atoms with Crippen LogP contribution in [0.2, 0.25) is 0 Å². The van der Waals surface area contributed by atoms with Crippen molar-refractivity contribution >= 4 is 27.5 Å². The number of nitrogens with one attached hydrogen (secondary N) is 1. The average Bonchev–Trinajstić information content (AvgIpc) is 3.00. The fraction of sp³-hybridized carbons (Fsp3) is 0.212. The number of benzene rings is 4. The molecule has 4 aromatic carbocycles. The molecule has 0 saturated carbocycles. The molecule has 0 fully saturated rings. The van der Waals surface area contributed by atoms with Gasteiger partial charge in [-0.3, -0.25) is 13.9 Å². The highest BCUT2D eigenvalue weighted by Gasteiger charge is 2.34. The molecule has 0 aliphatic heterocycles. The molecule has 1 N–H and O–H groups in total. The minimum absolute atomic E-state index is 0.0269. The number of sulfonamides is 1. The summed E-state index contributed by atoms with van der Waals surface area (Å²) in [5, 5.41) is 2.82. The van der Waals surface area contributed by atoms with Crippen molar-refractivity contribution in [2.45, 2.75) is 37.8 Å². The van der Waals surface area contributed by atoms with E-state index in [0.29, 0.717) is 17.8 Å². The lowest BCUT2D eigenvalue weighted by molar-refractivity contribution is -0.140. The summed E-state index contributed by atoms with van der Waals surface area (Å²) in [7, 11) is -4.15. The van der Waals surface area contributed by atoms with Crippen molar-refractivity contribution in [3.63, 3.8) is 0 Å². The Kier molecular flexibility index (Phi) is 10.1. The zero-order valence-electron chi connectivity index (χ0n) is 23.6. The Labute approximate surface area is 246 Å². The number of carbonyl (C=O) groups is 2. The molecule has 9 heteroatoms. The van der Waals surface area contributed by atoms with E-state index in [1.807, 2.05) is 37.3 Å². The first kappa shape index (κ1) is 30.5. The van der Waals surface area contributed by atoms with E-state index in [1.165, 1.54) is 29.2 Å². The third-order valence-electron chi connectivity index (χ3n) is 6.82. The maximum atomic E-state index is 14.2. The molecule has 0 radical (unpaired) electrons. The number of halogens is 1. The first-order valence-corrected chi connectivity index (χ1v) is 15.1. The van der Waals surface area contributed by atoms with Crippen LogP contribution in [0.1, 0.15) is 23.6 Å². The van der Waals surface area contributed by atoms with Gasteiger partial charge in [0.15, 0.2) is 0 Å². The van der Waals surface area contributed by atoms with E-state index >= 15 is 0 Å². The molecule has 0 saturated heterocycles. The Hall–Kier alpha value is -4.50. The lowest BCUT2D eigenvalue weighted by atomic mass is 10.0. The molecule has 0 unspecified atom stereocenters. The zero-order chi connectivity index (χ0) is 30.1. The van der Waals surface area contributed by atoms with E-state index in [1.54, 1.807) is 61.5 Å². The summed E-state index contributed by atoms with van der Waals surface area (Å²) in [6.07, 6.45) is 0.204. The third kappa shape index (κ3) is 7.61. The van der Waals surface area contributed by atoms with Gasteiger partial charge >= 0.3 is 0 Å². The molecule has 0 aliphatic carbocycles. The maximum Gasteiger partial charge on any atom is 0.264 e. The van der Waals surface area contributed by atoms with Gasteiger partial charge in [-0.1, -0.05) is 78.4 Å². The second-order valence-electron chi connectivity index (χ2n) is 9.91. The Morgan fingerprint density at radius 3 is 2.00 bits per heavy atom. The Morgan fingerprint density at radius 2 is 1.40 bits per heavy atom. The first-order valence-electron chi connectivity index (χ1n) is 13.7. The number of hydrogen-bond acceptors (Lipinski definition) is 4.